The monoisotopic (exact) mass is 310 g/mol. The topological polar surface area (TPSA) is 70.4 Å². The molecule has 0 radical (unpaired) electrons. The first-order valence-corrected chi connectivity index (χ1v) is 8.22. The number of hydrogen-bond donors (Lipinski definition) is 0. The Labute approximate surface area is 124 Å². The van der Waals surface area contributed by atoms with Crippen molar-refractivity contribution in [2.45, 2.75) is 12.1 Å². The van der Waals surface area contributed by atoms with Crippen LogP contribution in [0, 0.1) is 0 Å². The molecule has 7 heteroatoms. The predicted molar refractivity (Wildman–Crippen MR) is 78.7 cm³/mol. The molecule has 0 bridgehead atoms. The fourth-order valence-electron chi connectivity index (χ4n) is 1.88. The lowest BCUT2D eigenvalue weighted by molar-refractivity contribution is 0.163. The van der Waals surface area contributed by atoms with Crippen LogP contribution in [0.5, 0.6) is 5.75 Å². The highest BCUT2D eigenvalue weighted by Gasteiger charge is 2.21. The number of imidazole rings is 1. The number of sulfone groups is 1. The Bertz CT molecular complexity index is 695. The van der Waals surface area contributed by atoms with Gasteiger partial charge in [-0.2, -0.15) is 0 Å². The normalized spacial score (nSPS) is 11.5. The van der Waals surface area contributed by atoms with Crippen LogP contribution in [0.2, 0.25) is 0 Å². The van der Waals surface area contributed by atoms with Crippen molar-refractivity contribution in [3.63, 3.8) is 0 Å². The van der Waals surface area contributed by atoms with Crippen molar-refractivity contribution in [2.24, 2.45) is 0 Å². The first kappa shape index (κ1) is 15.5. The third kappa shape index (κ3) is 3.62. The van der Waals surface area contributed by atoms with Crippen LogP contribution >= 0.6 is 0 Å². The number of rotatable bonds is 7. The maximum atomic E-state index is 12.3. The molecule has 1 aromatic heterocycles. The predicted octanol–water partition coefficient (Wildman–Crippen LogP) is 1.69. The molecule has 0 spiro atoms. The van der Waals surface area contributed by atoms with Crippen LogP contribution in [0.4, 0.5) is 0 Å². The van der Waals surface area contributed by atoms with Crippen LogP contribution in [0.3, 0.4) is 0 Å². The van der Waals surface area contributed by atoms with Gasteiger partial charge < -0.3 is 9.47 Å². The molecule has 21 heavy (non-hydrogen) atoms. The first-order valence-electron chi connectivity index (χ1n) is 6.56. The molecule has 0 N–H and O–H groups in total. The SMILES string of the molecule is CCOCCS(=O)(=O)c1nccn1-c1cccc(OC)c1. The van der Waals surface area contributed by atoms with E-state index in [-0.39, 0.29) is 17.5 Å². The summed E-state index contributed by atoms with van der Waals surface area (Å²) in [5, 5.41) is 0.00968. The van der Waals surface area contributed by atoms with E-state index in [1.54, 1.807) is 37.6 Å². The van der Waals surface area contributed by atoms with Gasteiger partial charge >= 0.3 is 0 Å². The maximum Gasteiger partial charge on any atom is 0.232 e. The van der Waals surface area contributed by atoms with Crippen LogP contribution in [-0.2, 0) is 14.6 Å². The van der Waals surface area contributed by atoms with Gasteiger partial charge in [-0.3, -0.25) is 4.57 Å². The molecule has 6 nitrogen and oxygen atoms in total. The molecule has 0 saturated heterocycles. The highest BCUT2D eigenvalue weighted by molar-refractivity contribution is 7.91. The van der Waals surface area contributed by atoms with Crippen LogP contribution in [-0.4, -0.2) is 44.0 Å². The summed E-state index contributed by atoms with van der Waals surface area (Å²) in [5.74, 6) is 0.556. The van der Waals surface area contributed by atoms with E-state index >= 15 is 0 Å². The second-order valence-corrected chi connectivity index (χ2v) is 6.30. The fraction of sp³-hybridized carbons (Fsp3) is 0.357. The summed E-state index contributed by atoms with van der Waals surface area (Å²) in [6, 6.07) is 7.14. The van der Waals surface area contributed by atoms with Gasteiger partial charge in [-0.05, 0) is 19.1 Å². The van der Waals surface area contributed by atoms with E-state index in [1.165, 1.54) is 10.8 Å². The van der Waals surface area contributed by atoms with Gasteiger partial charge in [-0.1, -0.05) is 6.07 Å². The van der Waals surface area contributed by atoms with Crippen molar-refractivity contribution >= 4 is 9.84 Å². The molecule has 0 unspecified atom stereocenters. The first-order chi connectivity index (χ1) is 10.1. The number of nitrogens with zero attached hydrogens (tertiary/aromatic N) is 2. The minimum absolute atomic E-state index is 0.00968. The third-order valence-electron chi connectivity index (χ3n) is 2.92. The fourth-order valence-corrected chi connectivity index (χ4v) is 3.09. The van der Waals surface area contributed by atoms with Crippen molar-refractivity contribution in [3.05, 3.63) is 36.7 Å². The van der Waals surface area contributed by atoms with Gasteiger partial charge in [-0.15, -0.1) is 0 Å². The van der Waals surface area contributed by atoms with E-state index in [0.29, 0.717) is 18.0 Å². The third-order valence-corrected chi connectivity index (χ3v) is 4.48. The molecular weight excluding hydrogens is 292 g/mol. The van der Waals surface area contributed by atoms with E-state index in [9.17, 15) is 8.42 Å². The second kappa shape index (κ2) is 6.73. The summed E-state index contributed by atoms with van der Waals surface area (Å²) in [5.41, 5.74) is 0.682. The Morgan fingerprint density at radius 2 is 2.14 bits per heavy atom. The number of benzene rings is 1. The van der Waals surface area contributed by atoms with Crippen molar-refractivity contribution < 1.29 is 17.9 Å². The van der Waals surface area contributed by atoms with Crippen molar-refractivity contribution in [1.82, 2.24) is 9.55 Å². The average molecular weight is 310 g/mol. The Balaban J connectivity index is 2.33. The van der Waals surface area contributed by atoms with E-state index < -0.39 is 9.84 Å². The zero-order valence-corrected chi connectivity index (χ0v) is 12.8. The Kier molecular flexibility index (Phi) is 4.98. The highest BCUT2D eigenvalue weighted by atomic mass is 32.2. The molecule has 0 amide bonds. The number of aromatic nitrogens is 2. The summed E-state index contributed by atoms with van der Waals surface area (Å²) in [6.07, 6.45) is 3.08. The molecule has 2 aromatic rings. The Hall–Kier alpha value is -1.86. The number of methoxy groups -OCH3 is 1. The number of ether oxygens (including phenoxy) is 2. The van der Waals surface area contributed by atoms with Gasteiger partial charge in [0.2, 0.25) is 15.0 Å². The molecule has 0 aliphatic carbocycles. The van der Waals surface area contributed by atoms with Gasteiger partial charge in [0.1, 0.15) is 5.75 Å². The Morgan fingerprint density at radius 3 is 2.86 bits per heavy atom. The molecule has 1 aromatic carbocycles. The summed E-state index contributed by atoms with van der Waals surface area (Å²) >= 11 is 0. The van der Waals surface area contributed by atoms with E-state index in [4.69, 9.17) is 9.47 Å². The quantitative estimate of drug-likeness (QED) is 0.728. The minimum Gasteiger partial charge on any atom is -0.497 e. The summed E-state index contributed by atoms with van der Waals surface area (Å²) in [4.78, 5) is 3.98. The van der Waals surface area contributed by atoms with Gasteiger partial charge in [0, 0.05) is 25.1 Å². The van der Waals surface area contributed by atoms with Gasteiger partial charge in [-0.25, -0.2) is 13.4 Å². The summed E-state index contributed by atoms with van der Waals surface area (Å²) in [6.45, 7) is 2.47. The molecule has 0 aliphatic heterocycles. The zero-order chi connectivity index (χ0) is 15.3. The van der Waals surface area contributed by atoms with E-state index in [2.05, 4.69) is 4.98 Å². The number of hydrogen-bond acceptors (Lipinski definition) is 5. The zero-order valence-electron chi connectivity index (χ0n) is 12.0. The van der Waals surface area contributed by atoms with Crippen molar-refractivity contribution in [3.8, 4) is 11.4 Å². The molecule has 0 saturated carbocycles. The maximum absolute atomic E-state index is 12.3. The molecule has 0 aliphatic rings. The molecule has 0 fully saturated rings. The summed E-state index contributed by atoms with van der Waals surface area (Å²) < 4.78 is 36.4. The van der Waals surface area contributed by atoms with Crippen molar-refractivity contribution in [1.29, 1.82) is 0 Å². The van der Waals surface area contributed by atoms with E-state index in [1.807, 2.05) is 6.92 Å². The van der Waals surface area contributed by atoms with Crippen LogP contribution in [0.1, 0.15) is 6.92 Å². The van der Waals surface area contributed by atoms with Gasteiger partial charge in [0.25, 0.3) is 0 Å². The van der Waals surface area contributed by atoms with Gasteiger partial charge in [0.05, 0.1) is 25.2 Å². The Morgan fingerprint density at radius 1 is 1.33 bits per heavy atom. The molecular formula is C14H18N2O4S. The highest BCUT2D eigenvalue weighted by Crippen LogP contribution is 2.20. The molecule has 2 rings (SSSR count). The minimum atomic E-state index is -3.50. The van der Waals surface area contributed by atoms with Crippen LogP contribution in [0.15, 0.2) is 41.8 Å². The standard InChI is InChI=1S/C14H18N2O4S/c1-3-20-9-10-21(17,18)14-15-7-8-16(14)12-5-4-6-13(11-12)19-2/h4-8,11H,3,9-10H2,1-2H3. The molecule has 1 heterocycles. The van der Waals surface area contributed by atoms with Crippen LogP contribution < -0.4 is 4.74 Å². The summed E-state index contributed by atoms with van der Waals surface area (Å²) in [7, 11) is -1.94. The van der Waals surface area contributed by atoms with Crippen molar-refractivity contribution in [2.75, 3.05) is 26.1 Å². The smallest absolute Gasteiger partial charge is 0.232 e. The average Bonchev–Trinajstić information content (AvgIpc) is 2.98. The largest absolute Gasteiger partial charge is 0.497 e. The lowest BCUT2D eigenvalue weighted by Gasteiger charge is -2.10. The lowest BCUT2D eigenvalue weighted by Crippen LogP contribution is -2.17. The van der Waals surface area contributed by atoms with Crippen LogP contribution in [0.25, 0.3) is 5.69 Å². The molecule has 0 atom stereocenters. The lowest BCUT2D eigenvalue weighted by atomic mass is 10.3. The van der Waals surface area contributed by atoms with Gasteiger partial charge in [0.15, 0.2) is 0 Å². The molecule has 114 valence electrons. The van der Waals surface area contributed by atoms with E-state index in [0.717, 1.165) is 0 Å². The second-order valence-electron chi connectivity index (χ2n) is 4.30.